The molecule has 0 unspecified atom stereocenters. The summed E-state index contributed by atoms with van der Waals surface area (Å²) in [5, 5.41) is 3.46. The van der Waals surface area contributed by atoms with Crippen LogP contribution in [0.1, 0.15) is 55.7 Å². The van der Waals surface area contributed by atoms with Crippen LogP contribution in [0, 0.1) is 19.7 Å². The average molecular weight is 614 g/mol. The predicted molar refractivity (Wildman–Crippen MR) is 163 cm³/mol. The van der Waals surface area contributed by atoms with Crippen molar-refractivity contribution in [3.8, 4) is 0 Å². The normalized spacial score (nSPS) is 14.7. The number of carbonyl (C=O) groups excluding carboxylic acids is 2. The molecule has 1 saturated carbocycles. The highest BCUT2D eigenvalue weighted by Crippen LogP contribution is 2.30. The number of rotatable bonds is 10. The molecule has 42 heavy (non-hydrogen) atoms. The summed E-state index contributed by atoms with van der Waals surface area (Å²) in [5.74, 6) is -1.52. The molecule has 1 N–H and O–H groups in total. The molecule has 0 bridgehead atoms. The van der Waals surface area contributed by atoms with Gasteiger partial charge < -0.3 is 10.2 Å². The first-order valence-corrected chi connectivity index (χ1v) is 16.0. The fraction of sp³-hybridized carbons (Fsp3) is 0.375. The van der Waals surface area contributed by atoms with Gasteiger partial charge in [-0.2, -0.15) is 0 Å². The van der Waals surface area contributed by atoms with Crippen LogP contribution in [0.3, 0.4) is 0 Å². The van der Waals surface area contributed by atoms with Gasteiger partial charge in [-0.25, -0.2) is 12.8 Å². The van der Waals surface area contributed by atoms with E-state index in [2.05, 4.69) is 5.32 Å². The Kier molecular flexibility index (Phi) is 10.3. The highest BCUT2D eigenvalue weighted by Gasteiger charge is 2.34. The van der Waals surface area contributed by atoms with Gasteiger partial charge in [-0.3, -0.25) is 13.9 Å². The Bertz CT molecular complexity index is 1520. The lowest BCUT2D eigenvalue weighted by atomic mass is 9.95. The molecule has 3 aromatic rings. The van der Waals surface area contributed by atoms with E-state index in [1.54, 1.807) is 62.4 Å². The molecule has 0 saturated heterocycles. The summed E-state index contributed by atoms with van der Waals surface area (Å²) in [7, 11) is -4.22. The zero-order valence-electron chi connectivity index (χ0n) is 24.1. The van der Waals surface area contributed by atoms with E-state index >= 15 is 0 Å². The van der Waals surface area contributed by atoms with Crippen LogP contribution in [0.4, 0.5) is 10.1 Å². The van der Waals surface area contributed by atoms with E-state index in [9.17, 15) is 22.4 Å². The van der Waals surface area contributed by atoms with Crippen molar-refractivity contribution in [1.29, 1.82) is 0 Å². The molecule has 1 fully saturated rings. The number of nitrogens with one attached hydrogen (secondary N) is 1. The lowest BCUT2D eigenvalue weighted by Crippen LogP contribution is -2.53. The number of halogens is 2. The average Bonchev–Trinajstić information content (AvgIpc) is 2.96. The first-order valence-electron chi connectivity index (χ1n) is 14.2. The van der Waals surface area contributed by atoms with Gasteiger partial charge in [-0.15, -0.1) is 0 Å². The summed E-state index contributed by atoms with van der Waals surface area (Å²) in [6.45, 7) is 4.34. The molecule has 1 aliphatic rings. The van der Waals surface area contributed by atoms with Gasteiger partial charge in [0.05, 0.1) is 10.6 Å². The third-order valence-corrected chi connectivity index (χ3v) is 9.74. The maximum absolute atomic E-state index is 14.8. The minimum atomic E-state index is -4.22. The van der Waals surface area contributed by atoms with Crippen LogP contribution in [-0.2, 0) is 26.2 Å². The number of amides is 2. The Morgan fingerprint density at radius 2 is 1.67 bits per heavy atom. The second kappa shape index (κ2) is 13.7. The second-order valence-corrected chi connectivity index (χ2v) is 13.2. The molecule has 0 radical (unpaired) electrons. The van der Waals surface area contributed by atoms with Gasteiger partial charge in [0.15, 0.2) is 0 Å². The topological polar surface area (TPSA) is 86.8 Å². The first kappa shape index (κ1) is 31.5. The number of anilines is 1. The van der Waals surface area contributed by atoms with Crippen molar-refractivity contribution in [3.05, 3.63) is 94.3 Å². The van der Waals surface area contributed by atoms with E-state index in [4.69, 9.17) is 11.6 Å². The van der Waals surface area contributed by atoms with Crippen molar-refractivity contribution in [2.45, 2.75) is 76.4 Å². The summed E-state index contributed by atoms with van der Waals surface area (Å²) in [6, 6.07) is 16.1. The molecule has 4 rings (SSSR count). The van der Waals surface area contributed by atoms with E-state index in [1.165, 1.54) is 23.1 Å². The van der Waals surface area contributed by atoms with E-state index in [1.807, 2.05) is 6.92 Å². The number of nitrogens with zero attached hydrogens (tertiary/aromatic N) is 2. The minimum Gasteiger partial charge on any atom is -0.352 e. The van der Waals surface area contributed by atoms with E-state index < -0.39 is 34.3 Å². The molecule has 0 aliphatic heterocycles. The van der Waals surface area contributed by atoms with Crippen molar-refractivity contribution in [3.63, 3.8) is 0 Å². The number of carbonyl (C=O) groups is 2. The van der Waals surface area contributed by atoms with Gasteiger partial charge in [0.2, 0.25) is 11.8 Å². The highest BCUT2D eigenvalue weighted by atomic mass is 35.5. The van der Waals surface area contributed by atoms with Crippen LogP contribution >= 0.6 is 11.6 Å². The lowest BCUT2D eigenvalue weighted by molar-refractivity contribution is -0.139. The zero-order chi connectivity index (χ0) is 30.4. The van der Waals surface area contributed by atoms with Gasteiger partial charge in [0, 0.05) is 23.2 Å². The molecule has 224 valence electrons. The smallest absolute Gasteiger partial charge is 0.264 e. The first-order chi connectivity index (χ1) is 20.0. The van der Waals surface area contributed by atoms with Crippen LogP contribution in [0.5, 0.6) is 0 Å². The molecule has 0 aromatic heterocycles. The molecule has 0 spiro atoms. The van der Waals surface area contributed by atoms with Gasteiger partial charge >= 0.3 is 0 Å². The molecule has 3 aromatic carbocycles. The number of hydrogen-bond acceptors (Lipinski definition) is 4. The van der Waals surface area contributed by atoms with Crippen LogP contribution in [0.25, 0.3) is 0 Å². The SMILES string of the molecule is Cc1ccc(S(=O)(=O)N(CC(=O)N(Cc2ccccc2F)[C@@H](C)C(=O)NC2CCCCC2)c2ccc(Cl)cc2C)cc1. The quantitative estimate of drug-likeness (QED) is 0.297. The molecule has 0 heterocycles. The number of hydrogen-bond donors (Lipinski definition) is 1. The van der Waals surface area contributed by atoms with Crippen LogP contribution in [0.2, 0.25) is 5.02 Å². The molecule has 7 nitrogen and oxygen atoms in total. The van der Waals surface area contributed by atoms with Crippen LogP contribution < -0.4 is 9.62 Å². The van der Waals surface area contributed by atoms with Crippen molar-refractivity contribution in [2.24, 2.45) is 0 Å². The molecule has 1 aliphatic carbocycles. The lowest BCUT2D eigenvalue weighted by Gasteiger charge is -2.33. The summed E-state index contributed by atoms with van der Waals surface area (Å²) in [4.78, 5) is 28.7. The summed E-state index contributed by atoms with van der Waals surface area (Å²) in [5.41, 5.74) is 1.93. The predicted octanol–water partition coefficient (Wildman–Crippen LogP) is 6.16. The van der Waals surface area contributed by atoms with Gasteiger partial charge in [0.25, 0.3) is 10.0 Å². The van der Waals surface area contributed by atoms with E-state index in [-0.39, 0.29) is 34.6 Å². The largest absolute Gasteiger partial charge is 0.352 e. The number of sulfonamides is 1. The molecule has 1 atom stereocenters. The van der Waals surface area contributed by atoms with Crippen molar-refractivity contribution < 1.29 is 22.4 Å². The zero-order valence-corrected chi connectivity index (χ0v) is 25.7. The van der Waals surface area contributed by atoms with Gasteiger partial charge in [-0.1, -0.05) is 66.8 Å². The minimum absolute atomic E-state index is 0.00856. The summed E-state index contributed by atoms with van der Waals surface area (Å²) in [6.07, 6.45) is 4.87. The Hall–Kier alpha value is -3.43. The Morgan fingerprint density at radius 1 is 1.00 bits per heavy atom. The highest BCUT2D eigenvalue weighted by molar-refractivity contribution is 7.92. The molecule has 2 amide bonds. The fourth-order valence-corrected chi connectivity index (χ4v) is 6.92. The maximum Gasteiger partial charge on any atom is 0.264 e. The van der Waals surface area contributed by atoms with Gasteiger partial charge in [0.1, 0.15) is 18.4 Å². The second-order valence-electron chi connectivity index (χ2n) is 10.9. The number of benzene rings is 3. The Balaban J connectivity index is 1.71. The van der Waals surface area contributed by atoms with Crippen LogP contribution in [0.15, 0.2) is 71.6 Å². The van der Waals surface area contributed by atoms with Crippen molar-refractivity contribution in [1.82, 2.24) is 10.2 Å². The van der Waals surface area contributed by atoms with Crippen molar-refractivity contribution >= 4 is 39.1 Å². The molecular formula is C32H37ClFN3O4S. The maximum atomic E-state index is 14.8. The third-order valence-electron chi connectivity index (χ3n) is 7.73. The summed E-state index contributed by atoms with van der Waals surface area (Å²) >= 11 is 6.16. The molecular weight excluding hydrogens is 577 g/mol. The van der Waals surface area contributed by atoms with E-state index in [0.29, 0.717) is 10.6 Å². The number of aryl methyl sites for hydroxylation is 2. The van der Waals surface area contributed by atoms with E-state index in [0.717, 1.165) is 42.0 Å². The van der Waals surface area contributed by atoms with Crippen LogP contribution in [-0.4, -0.2) is 43.8 Å². The standard InChI is InChI=1S/C32H37ClFN3O4S/c1-22-13-16-28(17-14-22)42(40,41)37(30-18-15-26(33)19-23(30)2)21-31(38)36(20-25-9-7-8-12-29(25)34)24(3)32(39)35-27-10-5-4-6-11-27/h7-9,12-19,24,27H,4-6,10-11,20-21H2,1-3H3,(H,35,39)/t24-/m0/s1. The fourth-order valence-electron chi connectivity index (χ4n) is 5.21. The third kappa shape index (κ3) is 7.50. The summed E-state index contributed by atoms with van der Waals surface area (Å²) < 4.78 is 43.8. The monoisotopic (exact) mass is 613 g/mol. The van der Waals surface area contributed by atoms with Gasteiger partial charge in [-0.05, 0) is 75.6 Å². The van der Waals surface area contributed by atoms with Crippen molar-refractivity contribution in [2.75, 3.05) is 10.8 Å². The Morgan fingerprint density at radius 3 is 2.31 bits per heavy atom. The molecule has 10 heteroatoms. The Labute approximate surface area is 252 Å².